The molecule has 3 N–H and O–H groups in total. The molecule has 1 aromatic rings. The number of primary sulfonamides is 1. The van der Waals surface area contributed by atoms with Gasteiger partial charge in [-0.3, -0.25) is 4.79 Å². The Morgan fingerprint density at radius 1 is 1.19 bits per heavy atom. The van der Waals surface area contributed by atoms with E-state index in [1.54, 1.807) is 12.1 Å². The SMILES string of the molecule is CC(NC(=O)C1CCCCC1)c1ccc(S(N)(=O)=O)cc1. The van der Waals surface area contributed by atoms with Crippen LogP contribution in [0.4, 0.5) is 0 Å². The molecule has 0 aromatic heterocycles. The molecule has 1 unspecified atom stereocenters. The molecule has 6 heteroatoms. The van der Waals surface area contributed by atoms with E-state index >= 15 is 0 Å². The number of hydrogen-bond donors (Lipinski definition) is 2. The van der Waals surface area contributed by atoms with Crippen molar-refractivity contribution in [1.82, 2.24) is 5.32 Å². The minimum atomic E-state index is -3.67. The molecule has 0 radical (unpaired) electrons. The summed E-state index contributed by atoms with van der Waals surface area (Å²) in [4.78, 5) is 12.3. The van der Waals surface area contributed by atoms with E-state index in [0.29, 0.717) is 0 Å². The van der Waals surface area contributed by atoms with Gasteiger partial charge in [0.25, 0.3) is 0 Å². The lowest BCUT2D eigenvalue weighted by atomic mass is 9.88. The highest BCUT2D eigenvalue weighted by molar-refractivity contribution is 7.89. The van der Waals surface area contributed by atoms with Crippen LogP contribution in [0.15, 0.2) is 29.2 Å². The molecule has 1 saturated carbocycles. The van der Waals surface area contributed by atoms with Gasteiger partial charge in [-0.15, -0.1) is 0 Å². The van der Waals surface area contributed by atoms with Crippen LogP contribution in [0.25, 0.3) is 0 Å². The monoisotopic (exact) mass is 310 g/mol. The lowest BCUT2D eigenvalue weighted by Crippen LogP contribution is -2.33. The molecule has 0 aliphatic heterocycles. The fourth-order valence-electron chi connectivity index (χ4n) is 2.73. The molecule has 1 aromatic carbocycles. The van der Waals surface area contributed by atoms with E-state index in [4.69, 9.17) is 5.14 Å². The first-order chi connectivity index (χ1) is 9.88. The molecular formula is C15H22N2O3S. The molecule has 0 bridgehead atoms. The van der Waals surface area contributed by atoms with Crippen LogP contribution >= 0.6 is 0 Å². The summed E-state index contributed by atoms with van der Waals surface area (Å²) in [6.07, 6.45) is 5.38. The van der Waals surface area contributed by atoms with E-state index in [9.17, 15) is 13.2 Å². The number of benzene rings is 1. The summed E-state index contributed by atoms with van der Waals surface area (Å²) >= 11 is 0. The molecule has 0 heterocycles. The zero-order chi connectivity index (χ0) is 15.5. The Balaban J connectivity index is 1.99. The molecule has 0 spiro atoms. The van der Waals surface area contributed by atoms with Crippen LogP contribution in [0.1, 0.15) is 50.6 Å². The highest BCUT2D eigenvalue weighted by Gasteiger charge is 2.22. The van der Waals surface area contributed by atoms with Crippen molar-refractivity contribution in [1.29, 1.82) is 0 Å². The largest absolute Gasteiger partial charge is 0.349 e. The summed E-state index contributed by atoms with van der Waals surface area (Å²) in [7, 11) is -3.67. The minimum Gasteiger partial charge on any atom is -0.349 e. The van der Waals surface area contributed by atoms with E-state index < -0.39 is 10.0 Å². The van der Waals surface area contributed by atoms with Gasteiger partial charge in [0.2, 0.25) is 15.9 Å². The van der Waals surface area contributed by atoms with Gasteiger partial charge in [-0.05, 0) is 37.5 Å². The van der Waals surface area contributed by atoms with E-state index in [1.807, 2.05) is 6.92 Å². The molecule has 5 nitrogen and oxygen atoms in total. The molecule has 0 saturated heterocycles. The van der Waals surface area contributed by atoms with Gasteiger partial charge in [0, 0.05) is 5.92 Å². The highest BCUT2D eigenvalue weighted by atomic mass is 32.2. The average molecular weight is 310 g/mol. The number of amides is 1. The third kappa shape index (κ3) is 4.28. The number of carbonyl (C=O) groups excluding carboxylic acids is 1. The van der Waals surface area contributed by atoms with Gasteiger partial charge in [-0.25, -0.2) is 13.6 Å². The predicted octanol–water partition coefficient (Wildman–Crippen LogP) is 2.09. The van der Waals surface area contributed by atoms with Crippen LogP contribution in [-0.4, -0.2) is 14.3 Å². The third-order valence-electron chi connectivity index (χ3n) is 4.04. The summed E-state index contributed by atoms with van der Waals surface area (Å²) in [5.41, 5.74) is 0.867. The molecular weight excluding hydrogens is 288 g/mol. The third-order valence-corrected chi connectivity index (χ3v) is 4.97. The molecule has 2 rings (SSSR count). The van der Waals surface area contributed by atoms with Crippen LogP contribution in [0.3, 0.4) is 0 Å². The Labute approximate surface area is 126 Å². The van der Waals surface area contributed by atoms with E-state index in [-0.39, 0.29) is 22.8 Å². The van der Waals surface area contributed by atoms with Crippen molar-refractivity contribution in [2.45, 2.75) is 50.0 Å². The molecule has 1 atom stereocenters. The van der Waals surface area contributed by atoms with Crippen molar-refractivity contribution in [3.63, 3.8) is 0 Å². The fraction of sp³-hybridized carbons (Fsp3) is 0.533. The zero-order valence-electron chi connectivity index (χ0n) is 12.2. The summed E-state index contributed by atoms with van der Waals surface area (Å²) < 4.78 is 22.4. The maximum atomic E-state index is 12.2. The van der Waals surface area contributed by atoms with Gasteiger partial charge in [0.1, 0.15) is 0 Å². The average Bonchev–Trinajstić information content (AvgIpc) is 2.47. The second-order valence-corrected chi connectivity index (χ2v) is 7.24. The maximum Gasteiger partial charge on any atom is 0.238 e. The normalized spacial score (nSPS) is 18.2. The Morgan fingerprint density at radius 2 is 1.76 bits per heavy atom. The number of nitrogens with one attached hydrogen (secondary N) is 1. The molecule has 1 fully saturated rings. The summed E-state index contributed by atoms with van der Waals surface area (Å²) in [6.45, 7) is 1.90. The Morgan fingerprint density at radius 3 is 2.29 bits per heavy atom. The fourth-order valence-corrected chi connectivity index (χ4v) is 3.24. The number of rotatable bonds is 4. The van der Waals surface area contributed by atoms with Crippen LogP contribution < -0.4 is 10.5 Å². The standard InChI is InChI=1S/C15H22N2O3S/c1-11(17-15(18)13-5-3-2-4-6-13)12-7-9-14(10-8-12)21(16,19)20/h7-11,13H,2-6H2,1H3,(H,17,18)(H2,16,19,20). The van der Waals surface area contributed by atoms with Gasteiger partial charge in [-0.1, -0.05) is 31.4 Å². The van der Waals surface area contributed by atoms with Crippen molar-refractivity contribution in [3.05, 3.63) is 29.8 Å². The van der Waals surface area contributed by atoms with Crippen molar-refractivity contribution < 1.29 is 13.2 Å². The Bertz CT molecular complexity index is 590. The summed E-state index contributed by atoms with van der Waals surface area (Å²) in [6, 6.07) is 6.16. The second kappa shape index (κ2) is 6.58. The van der Waals surface area contributed by atoms with Crippen LogP contribution in [-0.2, 0) is 14.8 Å². The zero-order valence-corrected chi connectivity index (χ0v) is 13.0. The quantitative estimate of drug-likeness (QED) is 0.892. The van der Waals surface area contributed by atoms with Crippen LogP contribution in [0, 0.1) is 5.92 Å². The predicted molar refractivity (Wildman–Crippen MR) is 80.9 cm³/mol. The van der Waals surface area contributed by atoms with Crippen molar-refractivity contribution >= 4 is 15.9 Å². The smallest absolute Gasteiger partial charge is 0.238 e. The van der Waals surface area contributed by atoms with Crippen molar-refractivity contribution in [3.8, 4) is 0 Å². The van der Waals surface area contributed by atoms with E-state index in [1.165, 1.54) is 18.6 Å². The first-order valence-corrected chi connectivity index (χ1v) is 8.85. The van der Waals surface area contributed by atoms with Crippen molar-refractivity contribution in [2.24, 2.45) is 11.1 Å². The lowest BCUT2D eigenvalue weighted by molar-refractivity contribution is -0.126. The number of nitrogens with two attached hydrogens (primary N) is 1. The van der Waals surface area contributed by atoms with Crippen molar-refractivity contribution in [2.75, 3.05) is 0 Å². The number of carbonyl (C=O) groups is 1. The Kier molecular flexibility index (Phi) is 5.00. The Hall–Kier alpha value is -1.40. The van der Waals surface area contributed by atoms with Crippen LogP contribution in [0.5, 0.6) is 0 Å². The van der Waals surface area contributed by atoms with Gasteiger partial charge < -0.3 is 5.32 Å². The van der Waals surface area contributed by atoms with Gasteiger partial charge in [0.15, 0.2) is 0 Å². The first kappa shape index (κ1) is 16.0. The molecule has 21 heavy (non-hydrogen) atoms. The molecule has 116 valence electrons. The number of hydrogen-bond acceptors (Lipinski definition) is 3. The minimum absolute atomic E-state index is 0.0806. The molecule has 1 aliphatic rings. The lowest BCUT2D eigenvalue weighted by Gasteiger charge is -2.23. The maximum absolute atomic E-state index is 12.2. The molecule has 1 amide bonds. The van der Waals surface area contributed by atoms with Crippen LogP contribution in [0.2, 0.25) is 0 Å². The topological polar surface area (TPSA) is 89.3 Å². The van der Waals surface area contributed by atoms with Gasteiger partial charge >= 0.3 is 0 Å². The van der Waals surface area contributed by atoms with E-state index in [0.717, 1.165) is 31.2 Å². The summed E-state index contributed by atoms with van der Waals surface area (Å²) in [5.74, 6) is 0.211. The van der Waals surface area contributed by atoms with E-state index in [2.05, 4.69) is 5.32 Å². The van der Waals surface area contributed by atoms with Gasteiger partial charge in [-0.2, -0.15) is 0 Å². The number of sulfonamides is 1. The first-order valence-electron chi connectivity index (χ1n) is 7.31. The van der Waals surface area contributed by atoms with Gasteiger partial charge in [0.05, 0.1) is 10.9 Å². The molecule has 1 aliphatic carbocycles. The second-order valence-electron chi connectivity index (χ2n) is 5.68. The summed E-state index contributed by atoms with van der Waals surface area (Å²) in [5, 5.41) is 8.07. The highest BCUT2D eigenvalue weighted by Crippen LogP contribution is 2.25.